The van der Waals surface area contributed by atoms with Gasteiger partial charge in [-0.15, -0.1) is 0 Å². The monoisotopic (exact) mass is 141 g/mol. The van der Waals surface area contributed by atoms with E-state index in [0.29, 0.717) is 0 Å². The van der Waals surface area contributed by atoms with Crippen molar-refractivity contribution in [2.24, 2.45) is 0 Å². The first-order valence-corrected chi connectivity index (χ1v) is 4.26. The molecule has 0 saturated heterocycles. The molecule has 0 aromatic rings. The van der Waals surface area contributed by atoms with Gasteiger partial charge < -0.3 is 4.74 Å². The van der Waals surface area contributed by atoms with E-state index in [1.54, 1.807) is 13.0 Å². The summed E-state index contributed by atoms with van der Waals surface area (Å²) in [5, 5.41) is 0. The van der Waals surface area contributed by atoms with Gasteiger partial charge in [-0.3, -0.25) is 0 Å². The molecule has 0 bridgehead atoms. The summed E-state index contributed by atoms with van der Waals surface area (Å²) in [5.74, 6) is 1.63. The highest BCUT2D eigenvalue weighted by molar-refractivity contribution is 4.90. The molecule has 0 atom stereocenters. The minimum atomic E-state index is 0.903. The molecule has 0 aromatic heterocycles. The zero-order valence-electron chi connectivity index (χ0n) is 6.86. The zero-order valence-corrected chi connectivity index (χ0v) is 6.86. The van der Waals surface area contributed by atoms with E-state index in [1.807, 2.05) is 0 Å². The van der Waals surface area contributed by atoms with E-state index in [-0.39, 0.29) is 0 Å². The molecule has 0 amide bonds. The lowest BCUT2D eigenvalue weighted by Crippen LogP contribution is -2.03. The van der Waals surface area contributed by atoms with Crippen LogP contribution >= 0.6 is 0 Å². The largest absolute Gasteiger partial charge is 0.384 e. The minimum absolute atomic E-state index is 0.903. The number of methoxy groups -OCH3 is 1. The first-order valence-electron chi connectivity index (χ1n) is 4.26. The van der Waals surface area contributed by atoms with Gasteiger partial charge in [-0.05, 0) is 12.8 Å². The Hall–Kier alpha value is -0.0400. The molecule has 0 heterocycles. The van der Waals surface area contributed by atoms with Crippen molar-refractivity contribution in [3.05, 3.63) is 5.92 Å². The van der Waals surface area contributed by atoms with Gasteiger partial charge in [0.15, 0.2) is 0 Å². The van der Waals surface area contributed by atoms with E-state index in [0.717, 1.165) is 6.61 Å². The molecule has 1 saturated carbocycles. The van der Waals surface area contributed by atoms with Crippen LogP contribution in [0.15, 0.2) is 0 Å². The van der Waals surface area contributed by atoms with Crippen LogP contribution in [-0.2, 0) is 4.74 Å². The van der Waals surface area contributed by atoms with Gasteiger partial charge in [0.2, 0.25) is 0 Å². The predicted molar refractivity (Wildman–Crippen MR) is 42.8 cm³/mol. The maximum absolute atomic E-state index is 5.10. The molecule has 1 rings (SSSR count). The fourth-order valence-corrected chi connectivity index (χ4v) is 1.58. The Morgan fingerprint density at radius 2 is 1.70 bits per heavy atom. The van der Waals surface area contributed by atoms with Crippen molar-refractivity contribution in [1.29, 1.82) is 0 Å². The zero-order chi connectivity index (χ0) is 7.23. The summed E-state index contributed by atoms with van der Waals surface area (Å²) < 4.78 is 5.10. The average molecular weight is 141 g/mol. The highest BCUT2D eigenvalue weighted by atomic mass is 16.5. The molecule has 0 N–H and O–H groups in total. The summed E-state index contributed by atoms with van der Waals surface area (Å²) in [5.41, 5.74) is 0. The maximum atomic E-state index is 5.10. The maximum Gasteiger partial charge on any atom is 0.0524 e. The summed E-state index contributed by atoms with van der Waals surface area (Å²) in [6, 6.07) is 0. The molecule has 0 unspecified atom stereocenters. The number of ether oxygens (including phenoxy) is 1. The van der Waals surface area contributed by atoms with E-state index in [1.165, 1.54) is 38.5 Å². The molecule has 1 nitrogen and oxygen atoms in total. The smallest absolute Gasteiger partial charge is 0.0524 e. The van der Waals surface area contributed by atoms with Crippen LogP contribution < -0.4 is 0 Å². The van der Waals surface area contributed by atoms with Crippen LogP contribution in [0.3, 0.4) is 0 Å². The Morgan fingerprint density at radius 3 is 2.20 bits per heavy atom. The highest BCUT2D eigenvalue weighted by Crippen LogP contribution is 2.24. The third-order valence-electron chi connectivity index (χ3n) is 2.16. The van der Waals surface area contributed by atoms with E-state index in [9.17, 15) is 0 Å². The van der Waals surface area contributed by atoms with Crippen molar-refractivity contribution in [3.8, 4) is 0 Å². The van der Waals surface area contributed by atoms with E-state index in [4.69, 9.17) is 4.74 Å². The summed E-state index contributed by atoms with van der Waals surface area (Å²) >= 11 is 0. The third-order valence-corrected chi connectivity index (χ3v) is 2.16. The van der Waals surface area contributed by atoms with Crippen LogP contribution in [0.4, 0.5) is 0 Å². The van der Waals surface area contributed by atoms with Crippen molar-refractivity contribution in [1.82, 2.24) is 0 Å². The molecule has 10 heavy (non-hydrogen) atoms. The van der Waals surface area contributed by atoms with Gasteiger partial charge in [0, 0.05) is 13.0 Å². The lowest BCUT2D eigenvalue weighted by atomic mass is 10.0. The Bertz CT molecular complexity index is 72.8. The Kier molecular flexibility index (Phi) is 3.81. The Morgan fingerprint density at radius 1 is 1.10 bits per heavy atom. The summed E-state index contributed by atoms with van der Waals surface area (Å²) in [4.78, 5) is 0. The van der Waals surface area contributed by atoms with Crippen LogP contribution in [0.2, 0.25) is 0 Å². The predicted octanol–water partition coefficient (Wildman–Crippen LogP) is 2.56. The molecule has 0 spiro atoms. The fourth-order valence-electron chi connectivity index (χ4n) is 1.58. The number of hydrogen-bond donors (Lipinski definition) is 0. The van der Waals surface area contributed by atoms with Crippen LogP contribution in [0.25, 0.3) is 0 Å². The van der Waals surface area contributed by atoms with E-state index < -0.39 is 0 Å². The summed E-state index contributed by atoms with van der Waals surface area (Å²) in [6.45, 7) is 0.903. The molecular weight excluding hydrogens is 124 g/mol. The third kappa shape index (κ3) is 2.70. The second-order valence-corrected chi connectivity index (χ2v) is 3.10. The minimum Gasteiger partial charge on any atom is -0.384 e. The van der Waals surface area contributed by atoms with Crippen molar-refractivity contribution >= 4 is 0 Å². The SMILES string of the molecule is COC[C]1CCCCCC1. The Balaban J connectivity index is 2.15. The second-order valence-electron chi connectivity index (χ2n) is 3.10. The van der Waals surface area contributed by atoms with Gasteiger partial charge in [-0.2, -0.15) is 0 Å². The standard InChI is InChI=1S/C9H17O/c1-10-8-9-6-4-2-3-5-7-9/h2-8H2,1H3. The van der Waals surface area contributed by atoms with E-state index >= 15 is 0 Å². The van der Waals surface area contributed by atoms with Crippen molar-refractivity contribution in [2.75, 3.05) is 13.7 Å². The molecule has 1 aliphatic rings. The first-order chi connectivity index (χ1) is 4.93. The molecule has 1 fully saturated rings. The van der Waals surface area contributed by atoms with Gasteiger partial charge >= 0.3 is 0 Å². The quantitative estimate of drug-likeness (QED) is 0.537. The van der Waals surface area contributed by atoms with Crippen LogP contribution in [-0.4, -0.2) is 13.7 Å². The molecule has 0 aliphatic heterocycles. The lowest BCUT2D eigenvalue weighted by Gasteiger charge is -2.10. The second kappa shape index (κ2) is 4.73. The van der Waals surface area contributed by atoms with Crippen LogP contribution in [0, 0.1) is 5.92 Å². The first kappa shape index (κ1) is 8.06. The topological polar surface area (TPSA) is 9.23 Å². The number of rotatable bonds is 2. The van der Waals surface area contributed by atoms with Crippen molar-refractivity contribution in [2.45, 2.75) is 38.5 Å². The van der Waals surface area contributed by atoms with Crippen molar-refractivity contribution < 1.29 is 4.74 Å². The van der Waals surface area contributed by atoms with Crippen LogP contribution in [0.5, 0.6) is 0 Å². The van der Waals surface area contributed by atoms with Gasteiger partial charge in [0.1, 0.15) is 0 Å². The number of hydrogen-bond acceptors (Lipinski definition) is 1. The van der Waals surface area contributed by atoms with Gasteiger partial charge in [0.25, 0.3) is 0 Å². The molecule has 1 heteroatoms. The van der Waals surface area contributed by atoms with Crippen molar-refractivity contribution in [3.63, 3.8) is 0 Å². The highest BCUT2D eigenvalue weighted by Gasteiger charge is 2.11. The molecular formula is C9H17O. The Labute approximate surface area is 63.8 Å². The average Bonchev–Trinajstić information content (AvgIpc) is 2.17. The molecule has 1 radical (unpaired) electrons. The fraction of sp³-hybridized carbons (Fsp3) is 0.889. The normalized spacial score (nSPS) is 22.5. The van der Waals surface area contributed by atoms with Crippen LogP contribution in [0.1, 0.15) is 38.5 Å². The van der Waals surface area contributed by atoms with Gasteiger partial charge in [-0.25, -0.2) is 0 Å². The van der Waals surface area contributed by atoms with E-state index in [2.05, 4.69) is 0 Å². The van der Waals surface area contributed by atoms with Gasteiger partial charge in [0.05, 0.1) is 6.61 Å². The molecule has 1 aliphatic carbocycles. The summed E-state index contributed by atoms with van der Waals surface area (Å²) in [7, 11) is 1.79. The van der Waals surface area contributed by atoms with Gasteiger partial charge in [-0.1, -0.05) is 25.7 Å². The lowest BCUT2D eigenvalue weighted by molar-refractivity contribution is 0.202. The summed E-state index contributed by atoms with van der Waals surface area (Å²) in [6.07, 6.45) is 8.25. The molecule has 59 valence electrons. The molecule has 0 aromatic carbocycles.